The van der Waals surface area contributed by atoms with Crippen molar-refractivity contribution in [2.24, 2.45) is 0 Å². The number of ether oxygens (including phenoxy) is 1. The number of morpholine rings is 1. The summed E-state index contributed by atoms with van der Waals surface area (Å²) in [6.45, 7) is 3.13. The van der Waals surface area contributed by atoms with E-state index in [9.17, 15) is 9.00 Å². The van der Waals surface area contributed by atoms with Crippen LogP contribution in [0.5, 0.6) is 0 Å². The maximum Gasteiger partial charge on any atom is 0.256 e. The number of nitrogens with zero attached hydrogens (tertiary/aromatic N) is 2. The van der Waals surface area contributed by atoms with E-state index in [-0.39, 0.29) is 5.91 Å². The number of nitrogens with one attached hydrogen (secondary N) is 1. The summed E-state index contributed by atoms with van der Waals surface area (Å²) in [5.74, 6) is 0.259. The molecule has 2 aromatic rings. The van der Waals surface area contributed by atoms with E-state index in [4.69, 9.17) is 4.74 Å². The highest BCUT2D eigenvalue weighted by molar-refractivity contribution is 7.84. The normalized spacial score (nSPS) is 15.8. The predicted octanol–water partition coefficient (Wildman–Crippen LogP) is 1.91. The minimum absolute atomic E-state index is 0.241. The Morgan fingerprint density at radius 2 is 1.88 bits per heavy atom. The summed E-state index contributed by atoms with van der Waals surface area (Å²) >= 11 is 0. The smallest absolute Gasteiger partial charge is 0.256 e. The molecule has 1 N–H and O–H groups in total. The van der Waals surface area contributed by atoms with Crippen molar-refractivity contribution in [3.63, 3.8) is 0 Å². The van der Waals surface area contributed by atoms with Gasteiger partial charge in [0.15, 0.2) is 0 Å². The molecule has 1 aromatic carbocycles. The molecule has 6 nitrogen and oxygen atoms in total. The van der Waals surface area contributed by atoms with Crippen molar-refractivity contribution in [1.82, 2.24) is 4.98 Å². The van der Waals surface area contributed by atoms with E-state index in [0.717, 1.165) is 32.0 Å². The van der Waals surface area contributed by atoms with Crippen LogP contribution in [0.3, 0.4) is 0 Å². The summed E-state index contributed by atoms with van der Waals surface area (Å²) in [5, 5.41) is 2.77. The molecule has 24 heavy (non-hydrogen) atoms. The van der Waals surface area contributed by atoms with Crippen LogP contribution < -0.4 is 10.2 Å². The first-order valence-corrected chi connectivity index (χ1v) is 9.23. The Balaban J connectivity index is 1.64. The SMILES string of the molecule is C[S@](=O)c1ccc(C(=O)Nc2ccc(N3CCOCC3)cn2)cc1. The van der Waals surface area contributed by atoms with Gasteiger partial charge >= 0.3 is 0 Å². The third kappa shape index (κ3) is 3.98. The zero-order valence-electron chi connectivity index (χ0n) is 13.4. The lowest BCUT2D eigenvalue weighted by molar-refractivity contribution is 0.102. The van der Waals surface area contributed by atoms with Crippen molar-refractivity contribution >= 4 is 28.2 Å². The number of amides is 1. The Morgan fingerprint density at radius 1 is 1.17 bits per heavy atom. The van der Waals surface area contributed by atoms with Crippen molar-refractivity contribution in [2.75, 3.05) is 42.8 Å². The standard InChI is InChI=1S/C17H19N3O3S/c1-24(22)15-5-2-13(3-6-15)17(21)19-16-7-4-14(12-18-16)20-8-10-23-11-9-20/h2-7,12H,8-11H2,1H3,(H,18,19,21)/t24-/m0/s1. The third-order valence-corrected chi connectivity index (χ3v) is 4.75. The molecule has 0 radical (unpaired) electrons. The molecule has 1 amide bonds. The second kappa shape index (κ2) is 7.55. The quantitative estimate of drug-likeness (QED) is 0.916. The van der Waals surface area contributed by atoms with Gasteiger partial charge in [-0.2, -0.15) is 0 Å². The van der Waals surface area contributed by atoms with Crippen molar-refractivity contribution in [3.8, 4) is 0 Å². The molecular weight excluding hydrogens is 326 g/mol. The lowest BCUT2D eigenvalue weighted by atomic mass is 10.2. The van der Waals surface area contributed by atoms with Gasteiger partial charge in [0.05, 0.1) is 25.1 Å². The summed E-state index contributed by atoms with van der Waals surface area (Å²) in [6.07, 6.45) is 3.36. The van der Waals surface area contributed by atoms with Gasteiger partial charge in [0.1, 0.15) is 5.82 Å². The summed E-state index contributed by atoms with van der Waals surface area (Å²) in [6, 6.07) is 10.4. The average Bonchev–Trinajstić information content (AvgIpc) is 2.63. The first-order valence-electron chi connectivity index (χ1n) is 7.67. The van der Waals surface area contributed by atoms with Crippen LogP contribution in [0.1, 0.15) is 10.4 Å². The van der Waals surface area contributed by atoms with Gasteiger partial charge in [0, 0.05) is 40.6 Å². The molecule has 3 rings (SSSR count). The zero-order valence-corrected chi connectivity index (χ0v) is 14.2. The first kappa shape index (κ1) is 16.6. The lowest BCUT2D eigenvalue weighted by Gasteiger charge is -2.28. The minimum atomic E-state index is -1.05. The van der Waals surface area contributed by atoms with E-state index in [2.05, 4.69) is 15.2 Å². The third-order valence-electron chi connectivity index (χ3n) is 3.81. The van der Waals surface area contributed by atoms with Gasteiger partial charge in [-0.25, -0.2) is 4.98 Å². The number of anilines is 2. The maximum absolute atomic E-state index is 12.2. The number of rotatable bonds is 4. The van der Waals surface area contributed by atoms with E-state index >= 15 is 0 Å². The van der Waals surface area contributed by atoms with Gasteiger partial charge < -0.3 is 15.0 Å². The zero-order chi connectivity index (χ0) is 16.9. The molecule has 0 spiro atoms. The number of benzene rings is 1. The highest BCUT2D eigenvalue weighted by Gasteiger charge is 2.12. The molecule has 1 aliphatic rings. The fourth-order valence-corrected chi connectivity index (χ4v) is 2.97. The largest absolute Gasteiger partial charge is 0.378 e. The molecule has 1 aromatic heterocycles. The average molecular weight is 345 g/mol. The van der Waals surface area contributed by atoms with E-state index in [1.807, 2.05) is 6.07 Å². The van der Waals surface area contributed by atoms with Gasteiger partial charge in [0.25, 0.3) is 5.91 Å². The van der Waals surface area contributed by atoms with Crippen LogP contribution in [-0.4, -0.2) is 47.7 Å². The molecule has 0 saturated carbocycles. The lowest BCUT2D eigenvalue weighted by Crippen LogP contribution is -2.36. The monoisotopic (exact) mass is 345 g/mol. The summed E-state index contributed by atoms with van der Waals surface area (Å²) < 4.78 is 16.7. The Kier molecular flexibility index (Phi) is 5.22. The van der Waals surface area contributed by atoms with Crippen molar-refractivity contribution in [3.05, 3.63) is 48.2 Å². The van der Waals surface area contributed by atoms with E-state index in [1.165, 1.54) is 0 Å². The Morgan fingerprint density at radius 3 is 2.46 bits per heavy atom. The van der Waals surface area contributed by atoms with Crippen LogP contribution >= 0.6 is 0 Å². The van der Waals surface area contributed by atoms with Gasteiger partial charge in [-0.05, 0) is 36.4 Å². The summed E-state index contributed by atoms with van der Waals surface area (Å²) in [4.78, 5) is 19.4. The van der Waals surface area contributed by atoms with Gasteiger partial charge in [-0.3, -0.25) is 9.00 Å². The van der Waals surface area contributed by atoms with E-state index in [0.29, 0.717) is 16.3 Å². The molecule has 2 heterocycles. The maximum atomic E-state index is 12.2. The molecule has 1 aliphatic heterocycles. The fourth-order valence-electron chi connectivity index (χ4n) is 2.46. The molecule has 0 aliphatic carbocycles. The number of carbonyl (C=O) groups excluding carboxylic acids is 1. The molecule has 0 bridgehead atoms. The highest BCUT2D eigenvalue weighted by Crippen LogP contribution is 2.17. The number of pyridine rings is 1. The molecular formula is C17H19N3O3S. The van der Waals surface area contributed by atoms with Crippen LogP contribution in [0.15, 0.2) is 47.5 Å². The number of carbonyl (C=O) groups is 1. The first-order chi connectivity index (χ1) is 11.6. The van der Waals surface area contributed by atoms with Crippen molar-refractivity contribution in [1.29, 1.82) is 0 Å². The van der Waals surface area contributed by atoms with Crippen molar-refractivity contribution < 1.29 is 13.7 Å². The van der Waals surface area contributed by atoms with Crippen molar-refractivity contribution in [2.45, 2.75) is 4.90 Å². The molecule has 1 atom stereocenters. The molecule has 126 valence electrons. The predicted molar refractivity (Wildman–Crippen MR) is 94.0 cm³/mol. The van der Waals surface area contributed by atoms with E-state index < -0.39 is 10.8 Å². The molecule has 0 unspecified atom stereocenters. The van der Waals surface area contributed by atoms with Crippen LogP contribution in [0.2, 0.25) is 0 Å². The fraction of sp³-hybridized carbons (Fsp3) is 0.294. The Labute approximate surface area is 143 Å². The van der Waals surface area contributed by atoms with Crippen LogP contribution in [0, 0.1) is 0 Å². The minimum Gasteiger partial charge on any atom is -0.378 e. The molecule has 1 fully saturated rings. The second-order valence-corrected chi connectivity index (χ2v) is 6.81. The summed E-state index contributed by atoms with van der Waals surface area (Å²) in [7, 11) is -1.05. The molecule has 1 saturated heterocycles. The van der Waals surface area contributed by atoms with Gasteiger partial charge in [-0.15, -0.1) is 0 Å². The van der Waals surface area contributed by atoms with Crippen LogP contribution in [0.4, 0.5) is 11.5 Å². The Bertz CT molecular complexity index is 726. The van der Waals surface area contributed by atoms with Crippen LogP contribution in [-0.2, 0) is 15.5 Å². The number of hydrogen-bond acceptors (Lipinski definition) is 5. The number of hydrogen-bond donors (Lipinski definition) is 1. The van der Waals surface area contributed by atoms with Gasteiger partial charge in [0.2, 0.25) is 0 Å². The second-order valence-electron chi connectivity index (χ2n) is 5.43. The van der Waals surface area contributed by atoms with E-state index in [1.54, 1.807) is 42.8 Å². The number of aromatic nitrogens is 1. The Hall–Kier alpha value is -2.25. The topological polar surface area (TPSA) is 71.5 Å². The van der Waals surface area contributed by atoms with Gasteiger partial charge in [-0.1, -0.05) is 0 Å². The highest BCUT2D eigenvalue weighted by atomic mass is 32.2. The summed E-state index contributed by atoms with van der Waals surface area (Å²) in [5.41, 5.74) is 1.52. The van der Waals surface area contributed by atoms with Crippen LogP contribution in [0.25, 0.3) is 0 Å². The molecule has 7 heteroatoms.